The highest BCUT2D eigenvalue weighted by Crippen LogP contribution is 2.24. The lowest BCUT2D eigenvalue weighted by atomic mass is 9.99. The first-order valence-corrected chi connectivity index (χ1v) is 7.20. The van der Waals surface area contributed by atoms with Crippen molar-refractivity contribution in [2.75, 3.05) is 0 Å². The second kappa shape index (κ2) is 6.22. The lowest BCUT2D eigenvalue weighted by Gasteiger charge is -2.17. The van der Waals surface area contributed by atoms with Crippen LogP contribution in [0.1, 0.15) is 17.3 Å². The molecule has 0 spiro atoms. The smallest absolute Gasteiger partial charge is 0.0678 e. The molecular weight excluding hydrogens is 282 g/mol. The highest BCUT2D eigenvalue weighted by Gasteiger charge is 2.15. The topological polar surface area (TPSA) is 50.9 Å². The molecule has 0 saturated carbocycles. The Hall–Kier alpha value is -1.94. The second-order valence-corrected chi connectivity index (χ2v) is 5.40. The summed E-state index contributed by atoms with van der Waals surface area (Å²) < 4.78 is 0. The Morgan fingerprint density at radius 1 is 1.05 bits per heavy atom. The maximum absolute atomic E-state index is 5.92. The van der Waals surface area contributed by atoms with Crippen molar-refractivity contribution < 1.29 is 0 Å². The number of aromatic nitrogens is 1. The van der Waals surface area contributed by atoms with Crippen LogP contribution in [0.5, 0.6) is 0 Å². The van der Waals surface area contributed by atoms with E-state index in [0.717, 1.165) is 28.1 Å². The third kappa shape index (κ3) is 3.05. The number of hydrogen-bond acceptors (Lipinski definition) is 3. The standard InChI is InChI=1S/C17H16ClN3/c18-14-7-5-12(6-8-14)11-16(21-19)17-15-4-2-1-3-13(15)9-10-20-17/h1-10,16,21H,11,19H2. The molecule has 0 aliphatic carbocycles. The summed E-state index contributed by atoms with van der Waals surface area (Å²) in [7, 11) is 0. The highest BCUT2D eigenvalue weighted by atomic mass is 35.5. The van der Waals surface area contributed by atoms with Gasteiger partial charge >= 0.3 is 0 Å². The lowest BCUT2D eigenvalue weighted by Crippen LogP contribution is -2.30. The summed E-state index contributed by atoms with van der Waals surface area (Å²) in [5.41, 5.74) is 5.01. The van der Waals surface area contributed by atoms with Gasteiger partial charge in [0.25, 0.3) is 0 Å². The zero-order valence-electron chi connectivity index (χ0n) is 11.5. The fourth-order valence-electron chi connectivity index (χ4n) is 2.51. The molecule has 0 radical (unpaired) electrons. The molecule has 3 rings (SSSR count). The van der Waals surface area contributed by atoms with Gasteiger partial charge in [-0.25, -0.2) is 0 Å². The van der Waals surface area contributed by atoms with E-state index in [4.69, 9.17) is 17.4 Å². The van der Waals surface area contributed by atoms with Crippen molar-refractivity contribution in [1.29, 1.82) is 0 Å². The van der Waals surface area contributed by atoms with Crippen LogP contribution in [0.15, 0.2) is 60.8 Å². The first-order chi connectivity index (χ1) is 10.3. The van der Waals surface area contributed by atoms with Gasteiger partial charge in [-0.05, 0) is 35.6 Å². The number of hydrazine groups is 1. The zero-order chi connectivity index (χ0) is 14.7. The number of hydrogen-bond donors (Lipinski definition) is 2. The third-order valence-electron chi connectivity index (χ3n) is 3.59. The number of benzene rings is 2. The minimum absolute atomic E-state index is 0.0442. The molecule has 3 N–H and O–H groups in total. The van der Waals surface area contributed by atoms with E-state index >= 15 is 0 Å². The van der Waals surface area contributed by atoms with E-state index in [-0.39, 0.29) is 6.04 Å². The van der Waals surface area contributed by atoms with Gasteiger partial charge in [-0.15, -0.1) is 0 Å². The fourth-order valence-corrected chi connectivity index (χ4v) is 2.64. The number of rotatable bonds is 4. The summed E-state index contributed by atoms with van der Waals surface area (Å²) in [6.07, 6.45) is 2.58. The lowest BCUT2D eigenvalue weighted by molar-refractivity contribution is 0.543. The molecule has 4 heteroatoms. The largest absolute Gasteiger partial charge is 0.271 e. The van der Waals surface area contributed by atoms with Crippen molar-refractivity contribution in [3.63, 3.8) is 0 Å². The molecule has 1 heterocycles. The molecule has 21 heavy (non-hydrogen) atoms. The highest BCUT2D eigenvalue weighted by molar-refractivity contribution is 6.30. The Balaban J connectivity index is 1.96. The van der Waals surface area contributed by atoms with E-state index in [9.17, 15) is 0 Å². The van der Waals surface area contributed by atoms with E-state index in [1.54, 1.807) is 0 Å². The van der Waals surface area contributed by atoms with Crippen molar-refractivity contribution in [3.8, 4) is 0 Å². The maximum Gasteiger partial charge on any atom is 0.0678 e. The van der Waals surface area contributed by atoms with Gasteiger partial charge in [0.1, 0.15) is 0 Å². The second-order valence-electron chi connectivity index (χ2n) is 4.97. The molecular formula is C17H16ClN3. The van der Waals surface area contributed by atoms with Gasteiger partial charge in [-0.1, -0.05) is 48.0 Å². The van der Waals surface area contributed by atoms with Crippen LogP contribution in [0.3, 0.4) is 0 Å². The Morgan fingerprint density at radius 3 is 2.57 bits per heavy atom. The van der Waals surface area contributed by atoms with Crippen molar-refractivity contribution in [3.05, 3.63) is 77.1 Å². The summed E-state index contributed by atoms with van der Waals surface area (Å²) in [6.45, 7) is 0. The zero-order valence-corrected chi connectivity index (χ0v) is 12.2. The van der Waals surface area contributed by atoms with Gasteiger partial charge in [0.15, 0.2) is 0 Å². The first-order valence-electron chi connectivity index (χ1n) is 6.82. The van der Waals surface area contributed by atoms with Gasteiger partial charge in [-0.2, -0.15) is 0 Å². The van der Waals surface area contributed by atoms with Crippen LogP contribution in [0.2, 0.25) is 5.02 Å². The number of nitrogens with two attached hydrogens (primary N) is 1. The minimum Gasteiger partial charge on any atom is -0.271 e. The van der Waals surface area contributed by atoms with E-state index in [0.29, 0.717) is 0 Å². The predicted octanol–water partition coefficient (Wildman–Crippen LogP) is 3.64. The fraction of sp³-hybridized carbons (Fsp3) is 0.118. The maximum atomic E-state index is 5.92. The van der Waals surface area contributed by atoms with Gasteiger partial charge in [0.2, 0.25) is 0 Å². The molecule has 0 bridgehead atoms. The van der Waals surface area contributed by atoms with Crippen molar-refractivity contribution in [2.24, 2.45) is 5.84 Å². The molecule has 3 nitrogen and oxygen atoms in total. The number of halogens is 1. The molecule has 0 aliphatic heterocycles. The first kappa shape index (κ1) is 14.0. The minimum atomic E-state index is -0.0442. The molecule has 2 aromatic carbocycles. The molecule has 3 aromatic rings. The molecule has 1 aromatic heterocycles. The summed E-state index contributed by atoms with van der Waals surface area (Å²) in [4.78, 5) is 4.52. The molecule has 0 amide bonds. The van der Waals surface area contributed by atoms with E-state index in [1.165, 1.54) is 5.39 Å². The average Bonchev–Trinajstić information content (AvgIpc) is 2.54. The molecule has 1 atom stereocenters. The summed E-state index contributed by atoms with van der Waals surface area (Å²) in [5.74, 6) is 5.76. The quantitative estimate of drug-likeness (QED) is 0.571. The number of nitrogens with one attached hydrogen (secondary N) is 1. The third-order valence-corrected chi connectivity index (χ3v) is 3.84. The van der Waals surface area contributed by atoms with Crippen LogP contribution >= 0.6 is 11.6 Å². The van der Waals surface area contributed by atoms with Gasteiger partial charge < -0.3 is 0 Å². The number of pyridine rings is 1. The molecule has 0 aliphatic rings. The van der Waals surface area contributed by atoms with Gasteiger partial charge in [-0.3, -0.25) is 16.3 Å². The van der Waals surface area contributed by atoms with E-state index < -0.39 is 0 Å². The van der Waals surface area contributed by atoms with Crippen LogP contribution in [-0.4, -0.2) is 4.98 Å². The van der Waals surface area contributed by atoms with Crippen molar-refractivity contribution >= 4 is 22.4 Å². The Labute approximate surface area is 128 Å². The molecule has 0 saturated heterocycles. The van der Waals surface area contributed by atoms with Crippen LogP contribution in [-0.2, 0) is 6.42 Å². The van der Waals surface area contributed by atoms with E-state index in [2.05, 4.69) is 22.5 Å². The Kier molecular flexibility index (Phi) is 4.15. The Morgan fingerprint density at radius 2 is 1.81 bits per heavy atom. The average molecular weight is 298 g/mol. The SMILES string of the molecule is NNC(Cc1ccc(Cl)cc1)c1nccc2ccccc12. The summed E-state index contributed by atoms with van der Waals surface area (Å²) in [5, 5.41) is 3.02. The van der Waals surface area contributed by atoms with Gasteiger partial charge in [0.05, 0.1) is 11.7 Å². The van der Waals surface area contributed by atoms with Crippen LogP contribution in [0.25, 0.3) is 10.8 Å². The summed E-state index contributed by atoms with van der Waals surface area (Å²) >= 11 is 5.92. The Bertz CT molecular complexity index is 735. The molecule has 1 unspecified atom stereocenters. The van der Waals surface area contributed by atoms with Crippen LogP contribution in [0.4, 0.5) is 0 Å². The van der Waals surface area contributed by atoms with Gasteiger partial charge in [0, 0.05) is 16.6 Å². The van der Waals surface area contributed by atoms with Crippen LogP contribution in [0, 0.1) is 0 Å². The van der Waals surface area contributed by atoms with Crippen molar-refractivity contribution in [2.45, 2.75) is 12.5 Å². The number of nitrogens with zero attached hydrogens (tertiary/aromatic N) is 1. The number of fused-ring (bicyclic) bond motifs is 1. The molecule has 106 valence electrons. The predicted molar refractivity (Wildman–Crippen MR) is 87.0 cm³/mol. The van der Waals surface area contributed by atoms with Crippen molar-refractivity contribution in [1.82, 2.24) is 10.4 Å². The summed E-state index contributed by atoms with van der Waals surface area (Å²) in [6, 6.07) is 18.0. The normalized spacial score (nSPS) is 12.5. The van der Waals surface area contributed by atoms with Crippen LogP contribution < -0.4 is 11.3 Å². The monoisotopic (exact) mass is 297 g/mol. The molecule has 0 fully saturated rings. The van der Waals surface area contributed by atoms with E-state index in [1.807, 2.05) is 48.7 Å².